The average Bonchev–Trinajstić information content (AvgIpc) is 4.23. The van der Waals surface area contributed by atoms with Crippen molar-refractivity contribution in [1.29, 1.82) is 15.8 Å². The molecule has 0 radical (unpaired) electrons. The molecule has 1 aliphatic rings. The summed E-state index contributed by atoms with van der Waals surface area (Å²) in [7, 11) is 0. The van der Waals surface area contributed by atoms with E-state index in [0.29, 0.717) is 39.3 Å². The Morgan fingerprint density at radius 2 is 0.842 bits per heavy atom. The van der Waals surface area contributed by atoms with E-state index in [0.717, 1.165) is 117 Å². The van der Waals surface area contributed by atoms with E-state index in [-0.39, 0.29) is 0 Å². The van der Waals surface area contributed by atoms with Crippen molar-refractivity contribution < 1.29 is 0 Å². The summed E-state index contributed by atoms with van der Waals surface area (Å²) >= 11 is 0. The summed E-state index contributed by atoms with van der Waals surface area (Å²) in [6.45, 7) is 0. The smallest absolute Gasteiger partial charge is 0.104 e. The van der Waals surface area contributed by atoms with Crippen molar-refractivity contribution in [3.05, 3.63) is 246 Å². The van der Waals surface area contributed by atoms with Crippen LogP contribution in [0.5, 0.6) is 0 Å². The van der Waals surface area contributed by atoms with Gasteiger partial charge >= 0.3 is 0 Å². The van der Waals surface area contributed by atoms with E-state index < -0.39 is 0 Å². The molecule has 352 valence electrons. The molecule has 0 saturated heterocycles. The maximum atomic E-state index is 12.5. The van der Waals surface area contributed by atoms with E-state index in [2.05, 4.69) is 212 Å². The fourth-order valence-electron chi connectivity index (χ4n) is 12.7. The molecule has 76 heavy (non-hydrogen) atoms. The van der Waals surface area contributed by atoms with Gasteiger partial charge in [0.2, 0.25) is 0 Å². The molecule has 4 aromatic heterocycles. The topological polar surface area (TPSA) is 91.1 Å². The predicted octanol–water partition coefficient (Wildman–Crippen LogP) is 16.8. The number of allylic oxidation sites excluding steroid dienone is 1. The van der Waals surface area contributed by atoms with Crippen molar-refractivity contribution in [2.45, 2.75) is 12.8 Å². The van der Waals surface area contributed by atoms with E-state index in [1.165, 1.54) is 5.69 Å². The zero-order valence-corrected chi connectivity index (χ0v) is 40.9. The number of aromatic nitrogens is 4. The maximum Gasteiger partial charge on any atom is 0.104 e. The van der Waals surface area contributed by atoms with E-state index in [4.69, 9.17) is 0 Å². The third kappa shape index (κ3) is 5.96. The fraction of sp³-hybridized carbons (Fsp3) is 0.0290. The zero-order valence-electron chi connectivity index (χ0n) is 40.9. The van der Waals surface area contributed by atoms with Crippen LogP contribution in [0.3, 0.4) is 0 Å². The van der Waals surface area contributed by atoms with E-state index in [1.54, 1.807) is 0 Å². The Morgan fingerprint density at radius 3 is 1.34 bits per heavy atom. The van der Waals surface area contributed by atoms with Crippen LogP contribution < -0.4 is 0 Å². The van der Waals surface area contributed by atoms with Crippen LogP contribution in [-0.4, -0.2) is 18.3 Å². The fourth-order valence-corrected chi connectivity index (χ4v) is 12.7. The minimum Gasteiger partial charge on any atom is -0.312 e. The highest BCUT2D eigenvalue weighted by molar-refractivity contribution is 6.25. The monoisotopic (exact) mass is 967 g/mol. The molecular formula is C69H41N7. The lowest BCUT2D eigenvalue weighted by molar-refractivity contribution is 0.889. The number of nitriles is 3. The van der Waals surface area contributed by atoms with Gasteiger partial charge in [-0.05, 0) is 84.6 Å². The van der Waals surface area contributed by atoms with Gasteiger partial charge in [-0.2, -0.15) is 15.8 Å². The second-order valence-electron chi connectivity index (χ2n) is 19.6. The number of hydrogen-bond acceptors (Lipinski definition) is 3. The number of rotatable bonds is 6. The molecule has 0 bridgehead atoms. The lowest BCUT2D eigenvalue weighted by atomic mass is 9.91. The third-order valence-electron chi connectivity index (χ3n) is 15.7. The number of fused-ring (bicyclic) bond motifs is 13. The minimum absolute atomic E-state index is 0.335. The Hall–Kier alpha value is -10.7. The van der Waals surface area contributed by atoms with Crippen LogP contribution in [-0.2, 0) is 6.42 Å². The molecule has 7 heteroatoms. The van der Waals surface area contributed by atoms with Crippen LogP contribution >= 0.6 is 0 Å². The minimum atomic E-state index is 0.335. The number of hydrogen-bond donors (Lipinski definition) is 0. The first-order valence-corrected chi connectivity index (χ1v) is 25.6. The van der Waals surface area contributed by atoms with Gasteiger partial charge in [-0.1, -0.05) is 164 Å². The molecule has 7 nitrogen and oxygen atoms in total. The average molecular weight is 968 g/mol. The molecular weight excluding hydrogens is 927 g/mol. The molecule has 0 saturated carbocycles. The lowest BCUT2D eigenvalue weighted by Crippen LogP contribution is -2.14. The molecule has 0 unspecified atom stereocenters. The van der Waals surface area contributed by atoms with Crippen LogP contribution in [0.25, 0.3) is 127 Å². The highest BCUT2D eigenvalue weighted by Gasteiger charge is 2.35. The quantitative estimate of drug-likeness (QED) is 0.166. The molecule has 0 N–H and O–H groups in total. The summed E-state index contributed by atoms with van der Waals surface area (Å²) in [5.41, 5.74) is 16.4. The number of para-hydroxylation sites is 6. The molecule has 0 atom stereocenters. The normalized spacial score (nSPS) is 12.3. The van der Waals surface area contributed by atoms with Gasteiger partial charge in [-0.15, -0.1) is 0 Å². The summed E-state index contributed by atoms with van der Waals surface area (Å²) < 4.78 is 9.20. The highest BCUT2D eigenvalue weighted by Crippen LogP contribution is 2.52. The van der Waals surface area contributed by atoms with Gasteiger partial charge < -0.3 is 18.3 Å². The third-order valence-corrected chi connectivity index (χ3v) is 15.7. The first-order chi connectivity index (χ1) is 37.7. The molecule has 0 spiro atoms. The summed E-state index contributed by atoms with van der Waals surface area (Å²) in [4.78, 5) is 0. The van der Waals surface area contributed by atoms with Gasteiger partial charge in [0, 0.05) is 65.8 Å². The maximum absolute atomic E-state index is 12.5. The van der Waals surface area contributed by atoms with E-state index in [1.807, 2.05) is 48.5 Å². The van der Waals surface area contributed by atoms with Gasteiger partial charge in [0.05, 0.1) is 67.3 Å². The van der Waals surface area contributed by atoms with Gasteiger partial charge in [-0.25, -0.2) is 0 Å². The van der Waals surface area contributed by atoms with Crippen LogP contribution in [0.4, 0.5) is 0 Å². The van der Waals surface area contributed by atoms with Crippen molar-refractivity contribution in [3.8, 4) is 63.2 Å². The standard InChI is InChI=1S/C69H41N7/c70-40-43-35-37-45(38-36-43)63-68(74-57-29-13-7-23-47(57)48-24-8-14-30-58(48)74)55(41-71)65(56(42-72)69(63)75-59-31-15-9-25-49(59)50-26-10-16-32-60(50)75)76-61-33-17-11-27-51(61)54-39-53(44-19-3-1-4-20-44)66-64(67(54)76)52-28-12-18-34-62(52)73(66)46-21-5-2-6-22-46/h1-17,19-33,35-39H,18,34H2. The molecule has 10 aromatic carbocycles. The highest BCUT2D eigenvalue weighted by atomic mass is 15.1. The van der Waals surface area contributed by atoms with Gasteiger partial charge in [0.1, 0.15) is 23.3 Å². The second-order valence-corrected chi connectivity index (χ2v) is 19.6. The van der Waals surface area contributed by atoms with E-state index >= 15 is 0 Å². The Kier molecular flexibility index (Phi) is 9.44. The largest absolute Gasteiger partial charge is 0.312 e. The number of nitrogens with zero attached hydrogens (tertiary/aromatic N) is 7. The van der Waals surface area contributed by atoms with Crippen molar-refractivity contribution in [2.75, 3.05) is 0 Å². The first-order valence-electron chi connectivity index (χ1n) is 25.6. The van der Waals surface area contributed by atoms with Crippen molar-refractivity contribution in [1.82, 2.24) is 18.3 Å². The Balaban J connectivity index is 1.25. The van der Waals surface area contributed by atoms with Gasteiger partial charge in [0.25, 0.3) is 0 Å². The van der Waals surface area contributed by atoms with Crippen molar-refractivity contribution in [3.63, 3.8) is 0 Å². The SMILES string of the molecule is N#Cc1ccc(-c2c(-n3c4ccccc4c4ccccc43)c(C#N)c(-n3c4ccccc4c4cc(-c5ccccc5)c5c(c6c(n5-c5ccccc5)CCC=C6)c43)c(C#N)c2-n2c3ccccc3c3ccccc32)cc1. The summed E-state index contributed by atoms with van der Waals surface area (Å²) in [6.07, 6.45) is 6.28. The molecule has 14 aromatic rings. The second kappa shape index (κ2) is 16.7. The summed E-state index contributed by atoms with van der Waals surface area (Å²) in [6, 6.07) is 81.2. The molecule has 0 fully saturated rings. The molecule has 0 amide bonds. The Bertz CT molecular complexity index is 4680. The van der Waals surface area contributed by atoms with Crippen LogP contribution in [0.2, 0.25) is 0 Å². The van der Waals surface area contributed by atoms with Crippen molar-refractivity contribution >= 4 is 82.4 Å². The summed E-state index contributed by atoms with van der Waals surface area (Å²) in [5, 5.41) is 42.4. The van der Waals surface area contributed by atoms with Gasteiger partial charge in [-0.3, -0.25) is 0 Å². The molecule has 0 aliphatic heterocycles. The number of benzene rings is 10. The Morgan fingerprint density at radius 1 is 0.382 bits per heavy atom. The van der Waals surface area contributed by atoms with Crippen LogP contribution in [0.15, 0.2) is 218 Å². The zero-order chi connectivity index (χ0) is 50.6. The van der Waals surface area contributed by atoms with Crippen LogP contribution in [0.1, 0.15) is 34.4 Å². The summed E-state index contributed by atoms with van der Waals surface area (Å²) in [5.74, 6) is 0. The molecule has 4 heterocycles. The molecule has 1 aliphatic carbocycles. The van der Waals surface area contributed by atoms with Gasteiger partial charge in [0.15, 0.2) is 0 Å². The Labute approximate surface area is 436 Å². The van der Waals surface area contributed by atoms with E-state index in [9.17, 15) is 15.8 Å². The molecule has 15 rings (SSSR count). The van der Waals surface area contributed by atoms with Crippen LogP contribution in [0, 0.1) is 34.0 Å². The van der Waals surface area contributed by atoms with Crippen molar-refractivity contribution in [2.24, 2.45) is 0 Å². The predicted molar refractivity (Wildman–Crippen MR) is 309 cm³/mol. The lowest BCUT2D eigenvalue weighted by Gasteiger charge is -2.26. The first kappa shape index (κ1) is 43.0.